The highest BCUT2D eigenvalue weighted by Gasteiger charge is 2.39. The Morgan fingerprint density at radius 1 is 0.900 bits per heavy atom. The second-order valence-corrected chi connectivity index (χ2v) is 9.60. The molecule has 4 rings (SSSR count). The lowest BCUT2D eigenvalue weighted by molar-refractivity contribution is -0.120. The molecule has 3 aromatic rings. The molecule has 3 aromatic carbocycles. The fourth-order valence-corrected chi connectivity index (χ4v) is 5.33. The van der Waals surface area contributed by atoms with E-state index in [1.807, 2.05) is 56.3 Å². The van der Waals surface area contributed by atoms with E-state index in [0.29, 0.717) is 12.1 Å². The number of rotatable bonds is 4. The van der Waals surface area contributed by atoms with Gasteiger partial charge in [0.05, 0.1) is 4.90 Å². The van der Waals surface area contributed by atoms with Crippen molar-refractivity contribution in [2.45, 2.75) is 37.8 Å². The molecule has 1 N–H and O–H groups in total. The fourth-order valence-electron chi connectivity index (χ4n) is 3.77. The predicted molar refractivity (Wildman–Crippen MR) is 118 cm³/mol. The van der Waals surface area contributed by atoms with Gasteiger partial charge in [0.1, 0.15) is 6.04 Å². The zero-order valence-corrected chi connectivity index (χ0v) is 17.8. The number of carbonyl (C=O) groups is 1. The van der Waals surface area contributed by atoms with Gasteiger partial charge in [0, 0.05) is 12.2 Å². The number of aryl methyl sites for hydroxylation is 2. The van der Waals surface area contributed by atoms with Crippen molar-refractivity contribution in [1.82, 2.24) is 4.31 Å². The number of hydrogen-bond acceptors (Lipinski definition) is 3. The van der Waals surface area contributed by atoms with Gasteiger partial charge in [-0.15, -0.1) is 0 Å². The first-order valence-corrected chi connectivity index (χ1v) is 11.3. The van der Waals surface area contributed by atoms with Crippen molar-refractivity contribution in [3.63, 3.8) is 0 Å². The molecule has 1 unspecified atom stereocenters. The molecule has 30 heavy (non-hydrogen) atoms. The Morgan fingerprint density at radius 3 is 2.30 bits per heavy atom. The number of fused-ring (bicyclic) bond motifs is 1. The largest absolute Gasteiger partial charge is 0.325 e. The van der Waals surface area contributed by atoms with Gasteiger partial charge in [-0.25, -0.2) is 8.42 Å². The molecular formula is C24H24N2O3S. The van der Waals surface area contributed by atoms with Gasteiger partial charge in [-0.05, 0) is 61.2 Å². The minimum atomic E-state index is -3.84. The lowest BCUT2D eigenvalue weighted by Gasteiger charge is -2.35. The lowest BCUT2D eigenvalue weighted by atomic mass is 9.95. The van der Waals surface area contributed by atoms with Crippen LogP contribution in [0.4, 0.5) is 5.69 Å². The molecule has 154 valence electrons. The van der Waals surface area contributed by atoms with Crippen molar-refractivity contribution in [2.24, 2.45) is 0 Å². The number of hydrogen-bond donors (Lipinski definition) is 1. The quantitative estimate of drug-likeness (QED) is 0.692. The molecular weight excluding hydrogens is 396 g/mol. The minimum Gasteiger partial charge on any atom is -0.325 e. The lowest BCUT2D eigenvalue weighted by Crippen LogP contribution is -2.50. The van der Waals surface area contributed by atoms with Crippen LogP contribution < -0.4 is 5.32 Å². The van der Waals surface area contributed by atoms with Crippen LogP contribution >= 0.6 is 0 Å². The Labute approximate surface area is 177 Å². The van der Waals surface area contributed by atoms with E-state index < -0.39 is 16.1 Å². The summed E-state index contributed by atoms with van der Waals surface area (Å²) in [5, 5.41) is 2.90. The van der Waals surface area contributed by atoms with Gasteiger partial charge in [-0.3, -0.25) is 4.79 Å². The van der Waals surface area contributed by atoms with Crippen molar-refractivity contribution in [2.75, 3.05) is 5.32 Å². The maximum absolute atomic E-state index is 13.5. The first kappa shape index (κ1) is 20.3. The van der Waals surface area contributed by atoms with Gasteiger partial charge < -0.3 is 5.32 Å². The van der Waals surface area contributed by atoms with E-state index in [2.05, 4.69) is 5.32 Å². The summed E-state index contributed by atoms with van der Waals surface area (Å²) < 4.78 is 28.3. The summed E-state index contributed by atoms with van der Waals surface area (Å²) in [7, 11) is -3.84. The smallest absolute Gasteiger partial charge is 0.244 e. The van der Waals surface area contributed by atoms with Crippen molar-refractivity contribution in [3.05, 3.63) is 95.1 Å². The summed E-state index contributed by atoms with van der Waals surface area (Å²) in [5.74, 6) is -0.328. The molecule has 0 aliphatic carbocycles. The third kappa shape index (κ3) is 4.01. The molecule has 1 atom stereocenters. The van der Waals surface area contributed by atoms with Gasteiger partial charge in [0.15, 0.2) is 0 Å². The Bertz CT molecular complexity index is 1190. The summed E-state index contributed by atoms with van der Waals surface area (Å²) in [5.41, 5.74) is 4.58. The summed E-state index contributed by atoms with van der Waals surface area (Å²) >= 11 is 0. The molecule has 0 fully saturated rings. The third-order valence-corrected chi connectivity index (χ3v) is 7.29. The summed E-state index contributed by atoms with van der Waals surface area (Å²) in [6.07, 6.45) is 0.332. The number of anilines is 1. The van der Waals surface area contributed by atoms with Gasteiger partial charge in [0.25, 0.3) is 0 Å². The number of sulfonamides is 1. The highest BCUT2D eigenvalue weighted by Crippen LogP contribution is 2.30. The van der Waals surface area contributed by atoms with Crippen molar-refractivity contribution < 1.29 is 13.2 Å². The zero-order chi connectivity index (χ0) is 21.3. The molecule has 0 aromatic heterocycles. The fraction of sp³-hybridized carbons (Fsp3) is 0.208. The number of amides is 1. The van der Waals surface area contributed by atoms with Crippen LogP contribution in [0, 0.1) is 13.8 Å². The van der Waals surface area contributed by atoms with Gasteiger partial charge in [-0.2, -0.15) is 4.31 Å². The van der Waals surface area contributed by atoms with E-state index in [-0.39, 0.29) is 17.3 Å². The van der Waals surface area contributed by atoms with E-state index in [1.54, 1.807) is 30.3 Å². The highest BCUT2D eigenvalue weighted by atomic mass is 32.2. The maximum Gasteiger partial charge on any atom is 0.244 e. The van der Waals surface area contributed by atoms with Gasteiger partial charge in [-0.1, -0.05) is 54.1 Å². The van der Waals surface area contributed by atoms with Crippen molar-refractivity contribution in [1.29, 1.82) is 0 Å². The van der Waals surface area contributed by atoms with Crippen LogP contribution in [0.1, 0.15) is 22.3 Å². The number of nitrogens with zero attached hydrogens (tertiary/aromatic N) is 1. The van der Waals surface area contributed by atoms with Gasteiger partial charge in [0.2, 0.25) is 15.9 Å². The highest BCUT2D eigenvalue weighted by molar-refractivity contribution is 7.89. The average Bonchev–Trinajstić information content (AvgIpc) is 2.73. The normalized spacial score (nSPS) is 16.7. The second-order valence-electron chi connectivity index (χ2n) is 7.71. The molecule has 1 amide bonds. The van der Waals surface area contributed by atoms with E-state index >= 15 is 0 Å². The van der Waals surface area contributed by atoms with E-state index in [4.69, 9.17) is 0 Å². The molecule has 0 radical (unpaired) electrons. The molecule has 1 aliphatic heterocycles. The maximum atomic E-state index is 13.5. The molecule has 1 aliphatic rings. The zero-order valence-electron chi connectivity index (χ0n) is 17.0. The van der Waals surface area contributed by atoms with E-state index in [0.717, 1.165) is 22.3 Å². The summed E-state index contributed by atoms with van der Waals surface area (Å²) in [6, 6.07) is 21.1. The molecule has 0 spiro atoms. The van der Waals surface area contributed by atoms with Crippen LogP contribution in [0.15, 0.2) is 77.7 Å². The number of nitrogens with one attached hydrogen (secondary N) is 1. The topological polar surface area (TPSA) is 66.5 Å². The second kappa shape index (κ2) is 8.05. The summed E-state index contributed by atoms with van der Waals surface area (Å²) in [6.45, 7) is 4.02. The minimum absolute atomic E-state index is 0.165. The van der Waals surface area contributed by atoms with Crippen LogP contribution in [0.25, 0.3) is 0 Å². The Morgan fingerprint density at radius 2 is 1.60 bits per heavy atom. The average molecular weight is 421 g/mol. The molecule has 5 nitrogen and oxygen atoms in total. The molecule has 0 saturated carbocycles. The molecule has 0 bridgehead atoms. The first-order chi connectivity index (χ1) is 14.3. The predicted octanol–water partition coefficient (Wildman–Crippen LogP) is 4.06. The van der Waals surface area contributed by atoms with Crippen LogP contribution in [0.3, 0.4) is 0 Å². The standard InChI is InChI=1S/C24H24N2O3S/c1-17-10-12-22(13-11-17)30(28,29)26-16-20-8-4-3-7-19(20)15-23(26)24(27)25-21-9-5-6-18(2)14-21/h3-14,23H,15-16H2,1-2H3,(H,25,27). The number of carbonyl (C=O) groups excluding carboxylic acids is 1. The monoisotopic (exact) mass is 420 g/mol. The number of benzene rings is 3. The third-order valence-electron chi connectivity index (χ3n) is 5.42. The van der Waals surface area contributed by atoms with Crippen molar-refractivity contribution in [3.8, 4) is 0 Å². The van der Waals surface area contributed by atoms with E-state index in [9.17, 15) is 13.2 Å². The van der Waals surface area contributed by atoms with Crippen LogP contribution in [0.2, 0.25) is 0 Å². The van der Waals surface area contributed by atoms with E-state index in [1.165, 1.54) is 4.31 Å². The van der Waals surface area contributed by atoms with Crippen LogP contribution in [-0.2, 0) is 27.8 Å². The molecule has 6 heteroatoms. The Hall–Kier alpha value is -2.96. The van der Waals surface area contributed by atoms with Gasteiger partial charge >= 0.3 is 0 Å². The Balaban J connectivity index is 1.71. The summed E-state index contributed by atoms with van der Waals surface area (Å²) in [4.78, 5) is 13.4. The van der Waals surface area contributed by atoms with Crippen molar-refractivity contribution >= 4 is 21.6 Å². The van der Waals surface area contributed by atoms with Crippen LogP contribution in [-0.4, -0.2) is 24.7 Å². The Kier molecular flexibility index (Phi) is 5.45. The molecule has 1 heterocycles. The van der Waals surface area contributed by atoms with Crippen LogP contribution in [0.5, 0.6) is 0 Å². The SMILES string of the molecule is Cc1ccc(S(=O)(=O)N2Cc3ccccc3CC2C(=O)Nc2cccc(C)c2)cc1. The first-order valence-electron chi connectivity index (χ1n) is 9.87. The molecule has 0 saturated heterocycles.